The molecule has 0 saturated carbocycles. The molecule has 1 atom stereocenters. The fourth-order valence-electron chi connectivity index (χ4n) is 5.01. The molecule has 2 saturated heterocycles. The molecule has 1 amide bonds. The van der Waals surface area contributed by atoms with Crippen LogP contribution in [-0.2, 0) is 16.9 Å². The number of amides is 1. The number of likely N-dealkylation sites (tertiary alicyclic amines) is 1. The minimum atomic E-state index is -0.377. The lowest BCUT2D eigenvalue weighted by atomic mass is 9.84. The maximum absolute atomic E-state index is 13.4. The lowest BCUT2D eigenvalue weighted by molar-refractivity contribution is -0.0575. The predicted octanol–water partition coefficient (Wildman–Crippen LogP) is 3.36. The number of benzene rings is 1. The Hall–Kier alpha value is -2.15. The molecule has 0 spiro atoms. The van der Waals surface area contributed by atoms with Crippen LogP contribution >= 0.6 is 12.4 Å². The lowest BCUT2D eigenvalue weighted by Gasteiger charge is -2.41. The summed E-state index contributed by atoms with van der Waals surface area (Å²) in [5, 5.41) is 3.40. The average molecular weight is 460 g/mol. The standard InChI is InChI=1S/C25H33N3O3.ClH/c1-19-10-14-28(18-20-7-6-13-26-17-20)24(30)22(19)23(29)27-15-11-25(31-2,12-16-27)21-8-4-3-5-9-21;/h3-5,8-10,14,20,26H,6-7,11-13,15-18H2,1-2H3;1H. The molecular formula is C25H34ClN3O3. The molecule has 1 unspecified atom stereocenters. The van der Waals surface area contributed by atoms with E-state index in [0.717, 1.165) is 37.1 Å². The fraction of sp³-hybridized carbons (Fsp3) is 0.520. The van der Waals surface area contributed by atoms with E-state index in [9.17, 15) is 9.59 Å². The van der Waals surface area contributed by atoms with E-state index in [0.29, 0.717) is 44.0 Å². The number of carbonyl (C=O) groups excluding carboxylic acids is 1. The van der Waals surface area contributed by atoms with Crippen molar-refractivity contribution in [2.75, 3.05) is 33.3 Å². The van der Waals surface area contributed by atoms with Crippen LogP contribution in [0.3, 0.4) is 0 Å². The van der Waals surface area contributed by atoms with Crippen molar-refractivity contribution in [2.45, 2.75) is 44.8 Å². The van der Waals surface area contributed by atoms with Crippen molar-refractivity contribution < 1.29 is 9.53 Å². The van der Waals surface area contributed by atoms with Gasteiger partial charge < -0.3 is 19.5 Å². The van der Waals surface area contributed by atoms with Crippen LogP contribution in [0.25, 0.3) is 0 Å². The molecule has 0 radical (unpaired) electrons. The highest BCUT2D eigenvalue weighted by Gasteiger charge is 2.38. The van der Waals surface area contributed by atoms with Crippen LogP contribution in [0.1, 0.15) is 47.2 Å². The van der Waals surface area contributed by atoms with Gasteiger partial charge in [-0.2, -0.15) is 0 Å². The zero-order chi connectivity index (χ0) is 21.8. The Morgan fingerprint density at radius 3 is 2.53 bits per heavy atom. The van der Waals surface area contributed by atoms with Gasteiger partial charge in [0.25, 0.3) is 11.5 Å². The number of ether oxygens (including phenoxy) is 1. The molecule has 6 nitrogen and oxygen atoms in total. The molecule has 2 aliphatic rings. The van der Waals surface area contributed by atoms with Gasteiger partial charge in [0.2, 0.25) is 0 Å². The summed E-state index contributed by atoms with van der Waals surface area (Å²) in [6.45, 7) is 5.63. The first-order valence-corrected chi connectivity index (χ1v) is 11.3. The first-order chi connectivity index (χ1) is 15.0. The van der Waals surface area contributed by atoms with Gasteiger partial charge in [-0.25, -0.2) is 0 Å². The largest absolute Gasteiger partial charge is 0.373 e. The number of hydrogen-bond acceptors (Lipinski definition) is 4. The van der Waals surface area contributed by atoms with E-state index >= 15 is 0 Å². The SMILES string of the molecule is COC1(c2ccccc2)CCN(C(=O)c2c(C)ccn(CC3CCCNC3)c2=O)CC1.Cl. The predicted molar refractivity (Wildman–Crippen MR) is 129 cm³/mol. The number of aromatic nitrogens is 1. The molecule has 2 aromatic rings. The number of pyridine rings is 1. The molecule has 174 valence electrons. The van der Waals surface area contributed by atoms with Crippen LogP contribution in [0.2, 0.25) is 0 Å². The number of hydrogen-bond donors (Lipinski definition) is 1. The number of halogens is 1. The van der Waals surface area contributed by atoms with Crippen LogP contribution in [0.4, 0.5) is 0 Å². The van der Waals surface area contributed by atoms with E-state index in [1.807, 2.05) is 42.3 Å². The molecule has 2 fully saturated rings. The summed E-state index contributed by atoms with van der Waals surface area (Å²) in [4.78, 5) is 28.4. The van der Waals surface area contributed by atoms with Crippen molar-refractivity contribution in [3.05, 3.63) is 69.6 Å². The van der Waals surface area contributed by atoms with E-state index in [1.54, 1.807) is 11.7 Å². The zero-order valence-corrected chi connectivity index (χ0v) is 19.8. The number of nitrogens with zero attached hydrogens (tertiary/aromatic N) is 2. The van der Waals surface area contributed by atoms with Crippen LogP contribution in [0.5, 0.6) is 0 Å². The number of nitrogens with one attached hydrogen (secondary N) is 1. The molecule has 4 rings (SSSR count). The molecule has 1 aromatic carbocycles. The highest BCUT2D eigenvalue weighted by atomic mass is 35.5. The Labute approximate surface area is 196 Å². The molecule has 3 heterocycles. The Balaban J connectivity index is 0.00000289. The van der Waals surface area contributed by atoms with Gasteiger partial charge in [0.1, 0.15) is 5.56 Å². The Morgan fingerprint density at radius 1 is 1.19 bits per heavy atom. The highest BCUT2D eigenvalue weighted by Crippen LogP contribution is 2.36. The smallest absolute Gasteiger partial charge is 0.263 e. The molecule has 7 heteroatoms. The van der Waals surface area contributed by atoms with Crippen LogP contribution in [0, 0.1) is 12.8 Å². The van der Waals surface area contributed by atoms with Gasteiger partial charge in [0.15, 0.2) is 0 Å². The van der Waals surface area contributed by atoms with Crippen molar-refractivity contribution in [3.8, 4) is 0 Å². The first-order valence-electron chi connectivity index (χ1n) is 11.3. The molecule has 1 aromatic heterocycles. The number of aryl methyl sites for hydroxylation is 1. The zero-order valence-electron chi connectivity index (χ0n) is 19.0. The molecule has 0 aliphatic carbocycles. The topological polar surface area (TPSA) is 63.6 Å². The monoisotopic (exact) mass is 459 g/mol. The van der Waals surface area contributed by atoms with Gasteiger partial charge in [-0.3, -0.25) is 9.59 Å². The Morgan fingerprint density at radius 2 is 1.91 bits per heavy atom. The molecule has 32 heavy (non-hydrogen) atoms. The van der Waals surface area contributed by atoms with E-state index in [4.69, 9.17) is 4.74 Å². The van der Waals surface area contributed by atoms with Gasteiger partial charge in [-0.1, -0.05) is 30.3 Å². The summed E-state index contributed by atoms with van der Waals surface area (Å²) >= 11 is 0. The normalized spacial score (nSPS) is 20.4. The quantitative estimate of drug-likeness (QED) is 0.744. The third-order valence-corrected chi connectivity index (χ3v) is 6.99. The molecular weight excluding hydrogens is 426 g/mol. The summed E-state index contributed by atoms with van der Waals surface area (Å²) in [6, 6.07) is 12.1. The van der Waals surface area contributed by atoms with Crippen molar-refractivity contribution in [1.82, 2.24) is 14.8 Å². The fourth-order valence-corrected chi connectivity index (χ4v) is 5.01. The third kappa shape index (κ3) is 4.92. The lowest BCUT2D eigenvalue weighted by Crippen LogP contribution is -2.47. The summed E-state index contributed by atoms with van der Waals surface area (Å²) in [5.41, 5.74) is 1.67. The van der Waals surface area contributed by atoms with Crippen molar-refractivity contribution in [3.63, 3.8) is 0 Å². The molecule has 1 N–H and O–H groups in total. The maximum atomic E-state index is 13.4. The molecule has 2 aliphatic heterocycles. The summed E-state index contributed by atoms with van der Waals surface area (Å²) < 4.78 is 7.67. The number of rotatable bonds is 5. The van der Waals surface area contributed by atoms with E-state index in [2.05, 4.69) is 17.4 Å². The van der Waals surface area contributed by atoms with Crippen molar-refractivity contribution in [1.29, 1.82) is 0 Å². The highest BCUT2D eigenvalue weighted by molar-refractivity contribution is 5.95. The maximum Gasteiger partial charge on any atom is 0.263 e. The number of carbonyl (C=O) groups is 1. The van der Waals surface area contributed by atoms with Crippen molar-refractivity contribution >= 4 is 18.3 Å². The number of methoxy groups -OCH3 is 1. The van der Waals surface area contributed by atoms with E-state index in [-0.39, 0.29) is 29.5 Å². The minimum absolute atomic E-state index is 0. The minimum Gasteiger partial charge on any atom is -0.373 e. The van der Waals surface area contributed by atoms with Crippen LogP contribution < -0.4 is 10.9 Å². The van der Waals surface area contributed by atoms with E-state index < -0.39 is 0 Å². The Bertz CT molecular complexity index is 962. The summed E-state index contributed by atoms with van der Waals surface area (Å²) in [5.74, 6) is 0.275. The van der Waals surface area contributed by atoms with Gasteiger partial charge in [-0.05, 0) is 68.8 Å². The van der Waals surface area contributed by atoms with E-state index in [1.165, 1.54) is 0 Å². The first kappa shape index (κ1) is 24.5. The number of piperidine rings is 2. The summed E-state index contributed by atoms with van der Waals surface area (Å²) in [6.07, 6.45) is 5.51. The van der Waals surface area contributed by atoms with Gasteiger partial charge in [-0.15, -0.1) is 12.4 Å². The van der Waals surface area contributed by atoms with Gasteiger partial charge in [0, 0.05) is 32.9 Å². The van der Waals surface area contributed by atoms with Crippen molar-refractivity contribution in [2.24, 2.45) is 5.92 Å². The second kappa shape index (κ2) is 10.6. The second-order valence-corrected chi connectivity index (χ2v) is 8.90. The van der Waals surface area contributed by atoms with Crippen LogP contribution in [-0.4, -0.2) is 48.7 Å². The third-order valence-electron chi connectivity index (χ3n) is 6.99. The van der Waals surface area contributed by atoms with Gasteiger partial charge in [0.05, 0.1) is 5.60 Å². The Kier molecular flexibility index (Phi) is 8.15. The van der Waals surface area contributed by atoms with Gasteiger partial charge >= 0.3 is 0 Å². The summed E-state index contributed by atoms with van der Waals surface area (Å²) in [7, 11) is 1.74. The van der Waals surface area contributed by atoms with Crippen LogP contribution in [0.15, 0.2) is 47.4 Å². The molecule has 0 bridgehead atoms. The second-order valence-electron chi connectivity index (χ2n) is 8.90. The average Bonchev–Trinajstić information content (AvgIpc) is 2.82.